The lowest BCUT2D eigenvalue weighted by molar-refractivity contribution is -0.137. The summed E-state index contributed by atoms with van der Waals surface area (Å²) >= 11 is 0. The zero-order valence-electron chi connectivity index (χ0n) is 14.8. The molecule has 0 radical (unpaired) electrons. The van der Waals surface area contributed by atoms with Gasteiger partial charge in [0.2, 0.25) is 5.91 Å². The molecule has 0 spiro atoms. The van der Waals surface area contributed by atoms with Crippen LogP contribution in [0.5, 0.6) is 0 Å². The Hall–Kier alpha value is -1.25. The van der Waals surface area contributed by atoms with Gasteiger partial charge in [-0.05, 0) is 44.4 Å². The van der Waals surface area contributed by atoms with Crippen molar-refractivity contribution in [1.29, 1.82) is 0 Å². The van der Waals surface area contributed by atoms with E-state index < -0.39 is 11.7 Å². The molecule has 1 amide bonds. The van der Waals surface area contributed by atoms with E-state index in [1.165, 1.54) is 6.07 Å². The topological polar surface area (TPSA) is 57.3 Å². The second-order valence-electron chi connectivity index (χ2n) is 6.73. The maximum atomic E-state index is 12.6. The molecule has 2 saturated heterocycles. The van der Waals surface area contributed by atoms with Gasteiger partial charge in [0, 0.05) is 37.8 Å². The third-order valence-corrected chi connectivity index (χ3v) is 4.85. The number of carbonyl (C=O) groups excluding carboxylic acids is 1. The van der Waals surface area contributed by atoms with Crippen molar-refractivity contribution < 1.29 is 18.0 Å². The predicted molar refractivity (Wildman–Crippen MR) is 103 cm³/mol. The Kier molecular flexibility index (Phi) is 9.11. The molecule has 5 nitrogen and oxygen atoms in total. The molecular formula is C17H25Cl2F3N4O. The molecule has 1 atom stereocenters. The summed E-state index contributed by atoms with van der Waals surface area (Å²) in [6.45, 7) is 2.33. The maximum absolute atomic E-state index is 12.6. The molecule has 154 valence electrons. The predicted octanol–water partition coefficient (Wildman–Crippen LogP) is 3.17. The lowest BCUT2D eigenvalue weighted by Gasteiger charge is -2.33. The first kappa shape index (κ1) is 23.8. The quantitative estimate of drug-likeness (QED) is 0.772. The van der Waals surface area contributed by atoms with E-state index in [4.69, 9.17) is 0 Å². The average molecular weight is 429 g/mol. The molecule has 3 heterocycles. The van der Waals surface area contributed by atoms with E-state index in [0.717, 1.165) is 44.5 Å². The van der Waals surface area contributed by atoms with Crippen LogP contribution in [0.15, 0.2) is 18.3 Å². The van der Waals surface area contributed by atoms with Crippen LogP contribution in [-0.2, 0) is 11.0 Å². The first-order valence-corrected chi connectivity index (χ1v) is 8.73. The van der Waals surface area contributed by atoms with Crippen molar-refractivity contribution in [1.82, 2.24) is 15.6 Å². The normalized spacial score (nSPS) is 20.6. The van der Waals surface area contributed by atoms with Crippen LogP contribution in [0.3, 0.4) is 0 Å². The minimum Gasteiger partial charge on any atom is -0.356 e. The zero-order chi connectivity index (χ0) is 17.9. The Morgan fingerprint density at radius 3 is 2.44 bits per heavy atom. The average Bonchev–Trinajstić information content (AvgIpc) is 3.08. The number of amides is 1. The fourth-order valence-electron chi connectivity index (χ4n) is 3.44. The lowest BCUT2D eigenvalue weighted by atomic mass is 10.0. The molecule has 2 aliphatic heterocycles. The van der Waals surface area contributed by atoms with Crippen LogP contribution in [0.25, 0.3) is 0 Å². The Labute approximate surface area is 169 Å². The number of nitrogens with one attached hydrogen (secondary N) is 2. The van der Waals surface area contributed by atoms with Crippen molar-refractivity contribution >= 4 is 36.5 Å². The SMILES string of the molecule is Cl.Cl.O=C(CC1CCCN1)NC1CCN(c2ccc(C(F)(F)F)cn2)CC1. The van der Waals surface area contributed by atoms with E-state index in [9.17, 15) is 18.0 Å². The highest BCUT2D eigenvalue weighted by molar-refractivity contribution is 5.85. The smallest absolute Gasteiger partial charge is 0.356 e. The van der Waals surface area contributed by atoms with Gasteiger partial charge in [0.25, 0.3) is 0 Å². The Balaban J connectivity index is 0.00000182. The Bertz CT molecular complexity index is 587. The van der Waals surface area contributed by atoms with E-state index in [2.05, 4.69) is 15.6 Å². The van der Waals surface area contributed by atoms with Gasteiger partial charge < -0.3 is 15.5 Å². The van der Waals surface area contributed by atoms with Gasteiger partial charge in [0.05, 0.1) is 5.56 Å². The number of carbonyl (C=O) groups is 1. The van der Waals surface area contributed by atoms with Gasteiger partial charge in [-0.3, -0.25) is 4.79 Å². The second-order valence-corrected chi connectivity index (χ2v) is 6.73. The molecule has 1 aromatic heterocycles. The highest BCUT2D eigenvalue weighted by atomic mass is 35.5. The summed E-state index contributed by atoms with van der Waals surface area (Å²) in [5.41, 5.74) is -0.737. The molecule has 1 unspecified atom stereocenters. The fraction of sp³-hybridized carbons (Fsp3) is 0.647. The van der Waals surface area contributed by atoms with Crippen LogP contribution in [0, 0.1) is 0 Å². The molecule has 27 heavy (non-hydrogen) atoms. The highest BCUT2D eigenvalue weighted by Crippen LogP contribution is 2.29. The monoisotopic (exact) mass is 428 g/mol. The van der Waals surface area contributed by atoms with Crippen LogP contribution >= 0.6 is 24.8 Å². The standard InChI is InChI=1S/C17H23F3N4O.2ClH/c18-17(19,20)12-3-4-15(22-11-12)24-8-5-13(6-9-24)23-16(25)10-14-2-1-7-21-14;;/h3-4,11,13-14,21H,1-2,5-10H2,(H,23,25);2*1H. The molecule has 0 bridgehead atoms. The summed E-state index contributed by atoms with van der Waals surface area (Å²) < 4.78 is 37.7. The number of aromatic nitrogens is 1. The minimum atomic E-state index is -4.36. The summed E-state index contributed by atoms with van der Waals surface area (Å²) in [6.07, 6.45) is 0.733. The number of piperidine rings is 1. The minimum absolute atomic E-state index is 0. The summed E-state index contributed by atoms with van der Waals surface area (Å²) in [4.78, 5) is 18.0. The van der Waals surface area contributed by atoms with Gasteiger partial charge >= 0.3 is 6.18 Å². The number of alkyl halides is 3. The fourth-order valence-corrected chi connectivity index (χ4v) is 3.44. The van der Waals surface area contributed by atoms with E-state index in [-0.39, 0.29) is 42.8 Å². The summed E-state index contributed by atoms with van der Waals surface area (Å²) in [6, 6.07) is 2.88. The van der Waals surface area contributed by atoms with E-state index in [1.807, 2.05) is 4.90 Å². The van der Waals surface area contributed by atoms with Crippen molar-refractivity contribution in [2.24, 2.45) is 0 Å². The largest absolute Gasteiger partial charge is 0.417 e. The van der Waals surface area contributed by atoms with Gasteiger partial charge in [-0.15, -0.1) is 24.8 Å². The van der Waals surface area contributed by atoms with Crippen LogP contribution < -0.4 is 15.5 Å². The highest BCUT2D eigenvalue weighted by Gasteiger charge is 2.31. The lowest BCUT2D eigenvalue weighted by Crippen LogP contribution is -2.46. The van der Waals surface area contributed by atoms with Gasteiger partial charge in [-0.25, -0.2) is 4.98 Å². The molecule has 2 N–H and O–H groups in total. The van der Waals surface area contributed by atoms with Gasteiger partial charge in [0.15, 0.2) is 0 Å². The van der Waals surface area contributed by atoms with Crippen LogP contribution in [0.4, 0.5) is 19.0 Å². The molecule has 10 heteroatoms. The van der Waals surface area contributed by atoms with Crippen molar-refractivity contribution in [3.8, 4) is 0 Å². The van der Waals surface area contributed by atoms with Crippen LogP contribution in [-0.4, -0.2) is 42.6 Å². The van der Waals surface area contributed by atoms with E-state index in [0.29, 0.717) is 25.3 Å². The Morgan fingerprint density at radius 2 is 1.93 bits per heavy atom. The van der Waals surface area contributed by atoms with Crippen molar-refractivity contribution in [2.75, 3.05) is 24.5 Å². The van der Waals surface area contributed by atoms with Crippen molar-refractivity contribution in [3.05, 3.63) is 23.9 Å². The molecule has 0 saturated carbocycles. The second kappa shape index (κ2) is 10.3. The first-order chi connectivity index (χ1) is 11.9. The molecule has 2 fully saturated rings. The maximum Gasteiger partial charge on any atom is 0.417 e. The molecule has 1 aromatic rings. The van der Waals surface area contributed by atoms with E-state index >= 15 is 0 Å². The first-order valence-electron chi connectivity index (χ1n) is 8.73. The number of hydrogen-bond acceptors (Lipinski definition) is 4. The number of anilines is 1. The summed E-state index contributed by atoms with van der Waals surface area (Å²) in [5, 5.41) is 6.38. The van der Waals surface area contributed by atoms with Crippen LogP contribution in [0.2, 0.25) is 0 Å². The van der Waals surface area contributed by atoms with Gasteiger partial charge in [-0.2, -0.15) is 13.2 Å². The molecule has 3 rings (SSSR count). The van der Waals surface area contributed by atoms with Crippen LogP contribution in [0.1, 0.15) is 37.7 Å². The molecule has 0 aliphatic carbocycles. The third kappa shape index (κ3) is 6.69. The van der Waals surface area contributed by atoms with Gasteiger partial charge in [-0.1, -0.05) is 0 Å². The van der Waals surface area contributed by atoms with Gasteiger partial charge in [0.1, 0.15) is 5.82 Å². The number of nitrogens with zero attached hydrogens (tertiary/aromatic N) is 2. The molecule has 2 aliphatic rings. The number of hydrogen-bond donors (Lipinski definition) is 2. The Morgan fingerprint density at radius 1 is 1.22 bits per heavy atom. The van der Waals surface area contributed by atoms with E-state index in [1.54, 1.807) is 0 Å². The zero-order valence-corrected chi connectivity index (χ0v) is 16.4. The number of rotatable bonds is 4. The molecular weight excluding hydrogens is 404 g/mol. The number of halogens is 5. The molecule has 0 aromatic carbocycles. The van der Waals surface area contributed by atoms with Crippen molar-refractivity contribution in [2.45, 2.75) is 50.4 Å². The van der Waals surface area contributed by atoms with Crippen molar-refractivity contribution in [3.63, 3.8) is 0 Å². The summed E-state index contributed by atoms with van der Waals surface area (Å²) in [5.74, 6) is 0.624. The summed E-state index contributed by atoms with van der Waals surface area (Å²) in [7, 11) is 0. The number of pyridine rings is 1. The third-order valence-electron chi connectivity index (χ3n) is 4.85.